The van der Waals surface area contributed by atoms with Crippen molar-refractivity contribution in [2.75, 3.05) is 7.05 Å². The van der Waals surface area contributed by atoms with Gasteiger partial charge in [-0.25, -0.2) is 4.98 Å². The molecule has 0 atom stereocenters. The van der Waals surface area contributed by atoms with Crippen molar-refractivity contribution in [2.24, 2.45) is 7.05 Å². The van der Waals surface area contributed by atoms with E-state index in [2.05, 4.69) is 46.7 Å². The number of imidazole rings is 1. The van der Waals surface area contributed by atoms with Crippen molar-refractivity contribution < 1.29 is 4.42 Å². The molecule has 2 rings (SSSR count). The Balaban J connectivity index is 1.94. The molecule has 1 N–H and O–H groups in total. The number of aryl methyl sites for hydroxylation is 2. The lowest BCUT2D eigenvalue weighted by atomic mass is 10.2. The van der Waals surface area contributed by atoms with Crippen LogP contribution in [-0.2, 0) is 26.7 Å². The average molecular weight is 290 g/mol. The maximum atomic E-state index is 5.81. The number of nitrogens with zero attached hydrogens (tertiary/aromatic N) is 3. The van der Waals surface area contributed by atoms with Gasteiger partial charge in [-0.05, 0) is 20.0 Å². The van der Waals surface area contributed by atoms with Crippen LogP contribution < -0.4 is 5.32 Å². The highest BCUT2D eigenvalue weighted by Crippen LogP contribution is 2.17. The highest BCUT2D eigenvalue weighted by atomic mass is 16.3. The van der Waals surface area contributed by atoms with Crippen LogP contribution in [0.1, 0.15) is 36.8 Å². The van der Waals surface area contributed by atoms with Gasteiger partial charge >= 0.3 is 0 Å². The van der Waals surface area contributed by atoms with E-state index in [0.717, 1.165) is 37.0 Å². The second-order valence-corrected chi connectivity index (χ2v) is 5.96. The van der Waals surface area contributed by atoms with Gasteiger partial charge in [0.25, 0.3) is 0 Å². The van der Waals surface area contributed by atoms with Gasteiger partial charge in [-0.2, -0.15) is 0 Å². The van der Waals surface area contributed by atoms with Crippen LogP contribution in [0.15, 0.2) is 22.9 Å². The topological polar surface area (TPSA) is 46.2 Å². The molecular formula is C16H26N4O. The zero-order valence-corrected chi connectivity index (χ0v) is 13.7. The molecule has 0 saturated carbocycles. The van der Waals surface area contributed by atoms with E-state index in [9.17, 15) is 0 Å². The zero-order chi connectivity index (χ0) is 15.4. The molecule has 0 aliphatic carbocycles. The molecule has 2 aromatic heterocycles. The molecule has 0 spiro atoms. The van der Waals surface area contributed by atoms with Crippen molar-refractivity contribution in [1.29, 1.82) is 0 Å². The molecular weight excluding hydrogens is 264 g/mol. The largest absolute Gasteiger partial charge is 0.465 e. The Morgan fingerprint density at radius 1 is 1.38 bits per heavy atom. The van der Waals surface area contributed by atoms with Gasteiger partial charge in [-0.1, -0.05) is 13.8 Å². The third-order valence-corrected chi connectivity index (χ3v) is 3.53. The number of furan rings is 1. The second-order valence-electron chi connectivity index (χ2n) is 5.96. The summed E-state index contributed by atoms with van der Waals surface area (Å²) in [5.41, 5.74) is 1.24. The molecule has 21 heavy (non-hydrogen) atoms. The van der Waals surface area contributed by atoms with E-state index in [0.29, 0.717) is 6.04 Å². The summed E-state index contributed by atoms with van der Waals surface area (Å²) in [5.74, 6) is 3.07. The number of hydrogen-bond acceptors (Lipinski definition) is 4. The highest BCUT2D eigenvalue weighted by molar-refractivity contribution is 5.20. The molecule has 0 saturated heterocycles. The number of aromatic nitrogens is 2. The van der Waals surface area contributed by atoms with Crippen molar-refractivity contribution in [3.63, 3.8) is 0 Å². The summed E-state index contributed by atoms with van der Waals surface area (Å²) in [6.07, 6.45) is 3.81. The van der Waals surface area contributed by atoms with Crippen molar-refractivity contribution in [2.45, 2.75) is 46.4 Å². The van der Waals surface area contributed by atoms with Gasteiger partial charge in [-0.3, -0.25) is 4.90 Å². The van der Waals surface area contributed by atoms with E-state index < -0.39 is 0 Å². The van der Waals surface area contributed by atoms with Gasteiger partial charge in [-0.15, -0.1) is 0 Å². The lowest BCUT2D eigenvalue weighted by molar-refractivity contribution is 0.304. The lowest BCUT2D eigenvalue weighted by Gasteiger charge is -2.15. The van der Waals surface area contributed by atoms with Crippen LogP contribution in [0.2, 0.25) is 0 Å². The summed E-state index contributed by atoms with van der Waals surface area (Å²) >= 11 is 0. The second kappa shape index (κ2) is 6.91. The Bertz CT molecular complexity index is 571. The van der Waals surface area contributed by atoms with Gasteiger partial charge in [0, 0.05) is 37.6 Å². The van der Waals surface area contributed by atoms with Crippen LogP contribution in [-0.4, -0.2) is 27.5 Å². The predicted molar refractivity (Wildman–Crippen MR) is 83.8 cm³/mol. The zero-order valence-electron chi connectivity index (χ0n) is 13.7. The van der Waals surface area contributed by atoms with Crippen LogP contribution in [0.25, 0.3) is 0 Å². The standard InChI is InChI=1S/C16H26N4O/c1-12(2)18-9-15-8-14(13(3)21-15)10-19(4)11-16-17-6-7-20(16)5/h6-8,12,18H,9-11H2,1-5H3. The van der Waals surface area contributed by atoms with E-state index in [1.54, 1.807) is 0 Å². The van der Waals surface area contributed by atoms with Crippen molar-refractivity contribution in [1.82, 2.24) is 19.8 Å². The Hall–Kier alpha value is -1.59. The fourth-order valence-electron chi connectivity index (χ4n) is 2.27. The summed E-state index contributed by atoms with van der Waals surface area (Å²) < 4.78 is 7.87. The van der Waals surface area contributed by atoms with Gasteiger partial charge in [0.2, 0.25) is 0 Å². The van der Waals surface area contributed by atoms with Gasteiger partial charge in [0.05, 0.1) is 13.1 Å². The van der Waals surface area contributed by atoms with Crippen LogP contribution in [0.5, 0.6) is 0 Å². The van der Waals surface area contributed by atoms with Gasteiger partial charge in [0.15, 0.2) is 0 Å². The Morgan fingerprint density at radius 3 is 2.76 bits per heavy atom. The van der Waals surface area contributed by atoms with Crippen LogP contribution in [0.4, 0.5) is 0 Å². The fraction of sp³-hybridized carbons (Fsp3) is 0.562. The number of rotatable bonds is 7. The quantitative estimate of drug-likeness (QED) is 0.851. The first-order valence-electron chi connectivity index (χ1n) is 7.42. The first-order chi connectivity index (χ1) is 9.95. The Labute approximate surface area is 127 Å². The third-order valence-electron chi connectivity index (χ3n) is 3.53. The van der Waals surface area contributed by atoms with Gasteiger partial charge in [0.1, 0.15) is 17.3 Å². The van der Waals surface area contributed by atoms with E-state index in [4.69, 9.17) is 4.42 Å². The lowest BCUT2D eigenvalue weighted by Crippen LogP contribution is -2.21. The monoisotopic (exact) mass is 290 g/mol. The Morgan fingerprint density at radius 2 is 2.14 bits per heavy atom. The molecule has 0 aliphatic heterocycles. The molecule has 5 heteroatoms. The number of nitrogens with one attached hydrogen (secondary N) is 1. The van der Waals surface area contributed by atoms with Crippen LogP contribution in [0, 0.1) is 6.92 Å². The molecule has 116 valence electrons. The van der Waals surface area contributed by atoms with Crippen molar-refractivity contribution >= 4 is 0 Å². The maximum Gasteiger partial charge on any atom is 0.122 e. The summed E-state index contributed by atoms with van der Waals surface area (Å²) in [5, 5.41) is 3.38. The van der Waals surface area contributed by atoms with Gasteiger partial charge < -0.3 is 14.3 Å². The average Bonchev–Trinajstić information content (AvgIpc) is 2.95. The maximum absolute atomic E-state index is 5.81. The van der Waals surface area contributed by atoms with E-state index >= 15 is 0 Å². The van der Waals surface area contributed by atoms with Crippen LogP contribution in [0.3, 0.4) is 0 Å². The summed E-state index contributed by atoms with van der Waals surface area (Å²) in [4.78, 5) is 6.61. The van der Waals surface area contributed by atoms with Crippen molar-refractivity contribution in [3.05, 3.63) is 41.4 Å². The molecule has 0 bridgehead atoms. The van der Waals surface area contributed by atoms with Crippen molar-refractivity contribution in [3.8, 4) is 0 Å². The minimum Gasteiger partial charge on any atom is -0.465 e. The molecule has 2 heterocycles. The number of hydrogen-bond donors (Lipinski definition) is 1. The first kappa shape index (κ1) is 15.8. The SMILES string of the molecule is Cc1oc(CNC(C)C)cc1CN(C)Cc1nccn1C. The first-order valence-corrected chi connectivity index (χ1v) is 7.42. The fourth-order valence-corrected chi connectivity index (χ4v) is 2.27. The van der Waals surface area contributed by atoms with E-state index in [-0.39, 0.29) is 0 Å². The molecule has 0 unspecified atom stereocenters. The molecule has 2 aromatic rings. The Kier molecular flexibility index (Phi) is 5.20. The molecule has 0 amide bonds. The summed E-state index contributed by atoms with van der Waals surface area (Å²) in [6, 6.07) is 2.62. The normalized spacial score (nSPS) is 11.8. The third kappa shape index (κ3) is 4.44. The molecule has 0 fully saturated rings. The van der Waals surface area contributed by atoms with E-state index in [1.807, 2.05) is 26.4 Å². The smallest absolute Gasteiger partial charge is 0.122 e. The van der Waals surface area contributed by atoms with Crippen LogP contribution >= 0.6 is 0 Å². The molecule has 0 aromatic carbocycles. The minimum atomic E-state index is 0.463. The summed E-state index contributed by atoms with van der Waals surface area (Å²) in [6.45, 7) is 8.77. The van der Waals surface area contributed by atoms with E-state index in [1.165, 1.54) is 5.56 Å². The summed E-state index contributed by atoms with van der Waals surface area (Å²) in [7, 11) is 4.13. The minimum absolute atomic E-state index is 0.463. The molecule has 0 radical (unpaired) electrons. The predicted octanol–water partition coefficient (Wildman–Crippen LogP) is 2.45. The highest BCUT2D eigenvalue weighted by Gasteiger charge is 2.11. The molecule has 0 aliphatic rings. The molecule has 5 nitrogen and oxygen atoms in total.